The maximum Gasteiger partial charge on any atom is 0.417 e. The van der Waals surface area contributed by atoms with E-state index in [1.165, 1.54) is 11.3 Å². The summed E-state index contributed by atoms with van der Waals surface area (Å²) in [5.74, 6) is -0.739. The monoisotopic (exact) mass is 379 g/mol. The van der Waals surface area contributed by atoms with E-state index in [-0.39, 0.29) is 6.42 Å². The lowest BCUT2D eigenvalue weighted by Gasteiger charge is -2.13. The SMILES string of the molecule is Cc1csc(CC(=O)NNS(=O)(=O)c2ccccc2C(F)(F)F)n1. The minimum Gasteiger partial charge on any atom is -0.277 e. The summed E-state index contributed by atoms with van der Waals surface area (Å²) in [7, 11) is -4.58. The lowest BCUT2D eigenvalue weighted by Crippen LogP contribution is -2.42. The molecule has 0 bridgehead atoms. The normalized spacial score (nSPS) is 12.2. The molecular weight excluding hydrogens is 367 g/mol. The number of nitrogens with one attached hydrogen (secondary N) is 2. The van der Waals surface area contributed by atoms with Crippen LogP contribution in [0, 0.1) is 6.92 Å². The fourth-order valence-corrected chi connectivity index (χ4v) is 3.64. The first kappa shape index (κ1) is 18.4. The zero-order valence-electron chi connectivity index (χ0n) is 12.2. The second kappa shape index (κ2) is 6.87. The summed E-state index contributed by atoms with van der Waals surface area (Å²) in [6, 6.07) is 3.69. The second-order valence-corrected chi connectivity index (χ2v) is 7.30. The van der Waals surface area contributed by atoms with Crippen LogP contribution in [0.15, 0.2) is 34.5 Å². The second-order valence-electron chi connectivity index (χ2n) is 4.71. The van der Waals surface area contributed by atoms with Gasteiger partial charge in [-0.3, -0.25) is 10.2 Å². The minimum absolute atomic E-state index is 0.193. The molecule has 0 saturated heterocycles. The van der Waals surface area contributed by atoms with E-state index < -0.39 is 32.6 Å². The number of thiazole rings is 1. The first-order valence-electron chi connectivity index (χ1n) is 6.47. The Labute approximate surface area is 139 Å². The van der Waals surface area contributed by atoms with Crippen LogP contribution >= 0.6 is 11.3 Å². The fourth-order valence-electron chi connectivity index (χ4n) is 1.78. The molecule has 24 heavy (non-hydrogen) atoms. The maximum absolute atomic E-state index is 12.9. The summed E-state index contributed by atoms with van der Waals surface area (Å²) >= 11 is 1.22. The molecule has 130 valence electrons. The Morgan fingerprint density at radius 2 is 1.96 bits per heavy atom. The van der Waals surface area contributed by atoms with Crippen LogP contribution in [-0.4, -0.2) is 19.3 Å². The van der Waals surface area contributed by atoms with Crippen molar-refractivity contribution in [3.05, 3.63) is 45.9 Å². The molecule has 0 atom stereocenters. The van der Waals surface area contributed by atoms with Crippen LogP contribution in [-0.2, 0) is 27.4 Å². The van der Waals surface area contributed by atoms with E-state index >= 15 is 0 Å². The van der Waals surface area contributed by atoms with E-state index in [9.17, 15) is 26.4 Å². The van der Waals surface area contributed by atoms with Crippen LogP contribution in [0.25, 0.3) is 0 Å². The molecule has 1 aromatic heterocycles. The number of nitrogens with zero attached hydrogens (tertiary/aromatic N) is 1. The van der Waals surface area contributed by atoms with Crippen LogP contribution in [0.4, 0.5) is 13.2 Å². The van der Waals surface area contributed by atoms with Gasteiger partial charge in [0.15, 0.2) is 0 Å². The maximum atomic E-state index is 12.9. The molecule has 0 aliphatic carbocycles. The molecule has 0 aliphatic heterocycles. The summed E-state index contributed by atoms with van der Waals surface area (Å²) < 4.78 is 62.7. The smallest absolute Gasteiger partial charge is 0.277 e. The molecule has 0 unspecified atom stereocenters. The Balaban J connectivity index is 2.11. The Morgan fingerprint density at radius 3 is 2.54 bits per heavy atom. The number of amides is 1. The van der Waals surface area contributed by atoms with Gasteiger partial charge < -0.3 is 0 Å². The van der Waals surface area contributed by atoms with E-state index in [1.54, 1.807) is 17.1 Å². The summed E-state index contributed by atoms with van der Waals surface area (Å²) in [4.78, 5) is 16.4. The van der Waals surface area contributed by atoms with Gasteiger partial charge in [-0.1, -0.05) is 12.1 Å². The summed E-state index contributed by atoms with van der Waals surface area (Å²) in [5, 5.41) is 2.17. The average molecular weight is 379 g/mol. The van der Waals surface area contributed by atoms with Crippen LogP contribution in [0.2, 0.25) is 0 Å². The number of halogens is 3. The fraction of sp³-hybridized carbons (Fsp3) is 0.231. The van der Waals surface area contributed by atoms with E-state index in [1.807, 2.05) is 5.43 Å². The standard InChI is InChI=1S/C13H12F3N3O3S2/c1-8-7-23-12(17-8)6-11(20)18-19-24(21,22)10-5-3-2-4-9(10)13(14,15)16/h2-5,7,19H,6H2,1H3,(H,18,20). The molecule has 2 aromatic rings. The van der Waals surface area contributed by atoms with Crippen molar-refractivity contribution in [1.29, 1.82) is 0 Å². The lowest BCUT2D eigenvalue weighted by molar-refractivity contribution is -0.139. The van der Waals surface area contributed by atoms with Gasteiger partial charge in [0.25, 0.3) is 10.0 Å². The number of aryl methyl sites for hydroxylation is 1. The quantitative estimate of drug-likeness (QED) is 0.778. The van der Waals surface area contributed by atoms with Gasteiger partial charge in [-0.25, -0.2) is 13.4 Å². The number of hydrogen-bond donors (Lipinski definition) is 2. The predicted octanol–water partition coefficient (Wildman–Crippen LogP) is 2.02. The first-order chi connectivity index (χ1) is 11.1. The van der Waals surface area contributed by atoms with Crippen LogP contribution < -0.4 is 10.3 Å². The van der Waals surface area contributed by atoms with Gasteiger partial charge in [-0.15, -0.1) is 16.2 Å². The van der Waals surface area contributed by atoms with Gasteiger partial charge in [0, 0.05) is 11.1 Å². The number of hydrogen-bond acceptors (Lipinski definition) is 5. The largest absolute Gasteiger partial charge is 0.417 e. The predicted molar refractivity (Wildman–Crippen MR) is 80.5 cm³/mol. The van der Waals surface area contributed by atoms with Crippen molar-refractivity contribution in [2.75, 3.05) is 0 Å². The average Bonchev–Trinajstić information content (AvgIpc) is 2.89. The first-order valence-corrected chi connectivity index (χ1v) is 8.84. The summed E-state index contributed by atoms with van der Waals surface area (Å²) in [5.41, 5.74) is 1.27. The molecule has 0 fully saturated rings. The lowest BCUT2D eigenvalue weighted by atomic mass is 10.2. The number of rotatable bonds is 5. The summed E-state index contributed by atoms with van der Waals surface area (Å²) in [6.45, 7) is 1.73. The molecule has 1 heterocycles. The highest BCUT2D eigenvalue weighted by Crippen LogP contribution is 2.33. The number of carbonyl (C=O) groups is 1. The van der Waals surface area contributed by atoms with Gasteiger partial charge in [-0.2, -0.15) is 13.2 Å². The van der Waals surface area contributed by atoms with Crippen molar-refractivity contribution in [1.82, 2.24) is 15.2 Å². The van der Waals surface area contributed by atoms with Crippen molar-refractivity contribution < 1.29 is 26.4 Å². The number of benzene rings is 1. The van der Waals surface area contributed by atoms with Gasteiger partial charge in [0.1, 0.15) is 5.01 Å². The molecule has 2 rings (SSSR count). The van der Waals surface area contributed by atoms with Crippen LogP contribution in [0.3, 0.4) is 0 Å². The number of hydrazine groups is 1. The highest BCUT2D eigenvalue weighted by atomic mass is 32.2. The van der Waals surface area contributed by atoms with Gasteiger partial charge in [0.2, 0.25) is 5.91 Å². The van der Waals surface area contributed by atoms with Crippen molar-refractivity contribution >= 4 is 27.3 Å². The Hall–Kier alpha value is -1.98. The summed E-state index contributed by atoms with van der Waals surface area (Å²) in [6.07, 6.45) is -5.03. The molecule has 1 aromatic carbocycles. The Morgan fingerprint density at radius 1 is 1.29 bits per heavy atom. The molecule has 6 nitrogen and oxygen atoms in total. The van der Waals surface area contributed by atoms with E-state index in [2.05, 4.69) is 4.98 Å². The van der Waals surface area contributed by atoms with E-state index in [0.717, 1.165) is 18.2 Å². The Kier molecular flexibility index (Phi) is 5.26. The highest BCUT2D eigenvalue weighted by molar-refractivity contribution is 7.89. The van der Waals surface area contributed by atoms with Crippen LogP contribution in [0.5, 0.6) is 0 Å². The van der Waals surface area contributed by atoms with Crippen molar-refractivity contribution in [3.8, 4) is 0 Å². The Bertz CT molecular complexity index is 847. The number of sulfonamides is 1. The number of carbonyl (C=O) groups excluding carboxylic acids is 1. The molecule has 0 aliphatic rings. The third kappa shape index (κ3) is 4.52. The number of alkyl halides is 3. The third-order valence-electron chi connectivity index (χ3n) is 2.79. The van der Waals surface area contributed by atoms with Crippen molar-refractivity contribution in [2.24, 2.45) is 0 Å². The third-order valence-corrected chi connectivity index (χ3v) is 5.06. The topological polar surface area (TPSA) is 88.2 Å². The van der Waals surface area contributed by atoms with Crippen molar-refractivity contribution in [2.45, 2.75) is 24.4 Å². The zero-order valence-corrected chi connectivity index (χ0v) is 13.8. The van der Waals surface area contributed by atoms with Crippen LogP contribution in [0.1, 0.15) is 16.3 Å². The molecule has 0 radical (unpaired) electrons. The van der Waals surface area contributed by atoms with E-state index in [0.29, 0.717) is 16.8 Å². The molecule has 0 spiro atoms. The zero-order chi connectivity index (χ0) is 18.0. The molecule has 11 heteroatoms. The molecule has 0 saturated carbocycles. The highest BCUT2D eigenvalue weighted by Gasteiger charge is 2.36. The molecular formula is C13H12F3N3O3S2. The van der Waals surface area contributed by atoms with Gasteiger partial charge in [-0.05, 0) is 19.1 Å². The van der Waals surface area contributed by atoms with Gasteiger partial charge in [0.05, 0.1) is 16.9 Å². The number of aromatic nitrogens is 1. The molecule has 1 amide bonds. The minimum atomic E-state index is -4.84. The van der Waals surface area contributed by atoms with Crippen molar-refractivity contribution in [3.63, 3.8) is 0 Å². The van der Waals surface area contributed by atoms with Gasteiger partial charge >= 0.3 is 6.18 Å². The van der Waals surface area contributed by atoms with E-state index in [4.69, 9.17) is 0 Å². The molecule has 2 N–H and O–H groups in total.